The van der Waals surface area contributed by atoms with Gasteiger partial charge in [-0.2, -0.15) is 0 Å². The van der Waals surface area contributed by atoms with Gasteiger partial charge in [-0.1, -0.05) is 22.0 Å². The van der Waals surface area contributed by atoms with Crippen LogP contribution in [0.4, 0.5) is 0 Å². The highest BCUT2D eigenvalue weighted by Gasteiger charge is 2.33. The summed E-state index contributed by atoms with van der Waals surface area (Å²) in [6, 6.07) is 4.36. The lowest BCUT2D eigenvalue weighted by Crippen LogP contribution is -2.23. The molecule has 1 saturated heterocycles. The van der Waals surface area contributed by atoms with E-state index in [9.17, 15) is 0 Å². The number of hydrogen-bond acceptors (Lipinski definition) is 2. The van der Waals surface area contributed by atoms with Crippen LogP contribution < -0.4 is 0 Å². The van der Waals surface area contributed by atoms with E-state index >= 15 is 0 Å². The van der Waals surface area contributed by atoms with Crippen molar-refractivity contribution in [1.29, 1.82) is 0 Å². The molecule has 1 aromatic heterocycles. The Labute approximate surface area is 97.6 Å². The minimum Gasteiger partial charge on any atom is -0.381 e. The summed E-state index contributed by atoms with van der Waals surface area (Å²) >= 11 is 5.48. The Morgan fingerprint density at radius 2 is 2.50 bits per heavy atom. The summed E-state index contributed by atoms with van der Waals surface area (Å²) in [5.74, 6) is 0. The van der Waals surface area contributed by atoms with Gasteiger partial charge in [0.2, 0.25) is 0 Å². The monoisotopic (exact) mass is 274 g/mol. The molecule has 14 heavy (non-hydrogen) atoms. The molecule has 0 N–H and O–H groups in total. The molecule has 1 aliphatic heterocycles. The van der Waals surface area contributed by atoms with Crippen LogP contribution in [-0.2, 0) is 11.2 Å². The fourth-order valence-corrected chi connectivity index (χ4v) is 3.29. The number of hydrogen-bond donors (Lipinski definition) is 0. The first-order chi connectivity index (χ1) is 6.85. The molecule has 0 bridgehead atoms. The standard InChI is InChI=1S/C11H15BrOS/c12-8-11(5-6-13-9-11)4-3-10-2-1-7-14-10/h1-2,7H,3-6,8-9H2. The van der Waals surface area contributed by atoms with E-state index in [0.717, 1.165) is 18.5 Å². The van der Waals surface area contributed by atoms with Crippen molar-refractivity contribution in [2.75, 3.05) is 18.5 Å². The van der Waals surface area contributed by atoms with E-state index in [2.05, 4.69) is 33.4 Å². The van der Waals surface area contributed by atoms with Gasteiger partial charge in [0.15, 0.2) is 0 Å². The van der Waals surface area contributed by atoms with Crippen molar-refractivity contribution in [2.45, 2.75) is 19.3 Å². The van der Waals surface area contributed by atoms with Gasteiger partial charge in [0.1, 0.15) is 0 Å². The molecule has 0 aromatic carbocycles. The summed E-state index contributed by atoms with van der Waals surface area (Å²) in [6.45, 7) is 1.87. The van der Waals surface area contributed by atoms with Crippen molar-refractivity contribution in [2.24, 2.45) is 5.41 Å². The van der Waals surface area contributed by atoms with Crippen molar-refractivity contribution in [3.05, 3.63) is 22.4 Å². The van der Waals surface area contributed by atoms with Gasteiger partial charge in [0, 0.05) is 22.2 Å². The van der Waals surface area contributed by atoms with E-state index in [1.165, 1.54) is 24.1 Å². The molecule has 1 nitrogen and oxygen atoms in total. The molecule has 0 aliphatic carbocycles. The van der Waals surface area contributed by atoms with E-state index in [-0.39, 0.29) is 0 Å². The molecule has 1 aromatic rings. The number of halogens is 1. The maximum absolute atomic E-state index is 5.49. The normalized spacial score (nSPS) is 26.9. The zero-order chi connectivity index (χ0) is 9.86. The summed E-state index contributed by atoms with van der Waals surface area (Å²) < 4.78 is 5.49. The predicted molar refractivity (Wildman–Crippen MR) is 64.3 cm³/mol. The molecular weight excluding hydrogens is 260 g/mol. The zero-order valence-electron chi connectivity index (χ0n) is 8.17. The van der Waals surface area contributed by atoms with Gasteiger partial charge < -0.3 is 4.74 Å². The van der Waals surface area contributed by atoms with Crippen LogP contribution in [0.5, 0.6) is 0 Å². The van der Waals surface area contributed by atoms with Gasteiger partial charge in [-0.3, -0.25) is 0 Å². The van der Waals surface area contributed by atoms with Crippen LogP contribution in [0.25, 0.3) is 0 Å². The van der Waals surface area contributed by atoms with Crippen LogP contribution in [0.1, 0.15) is 17.7 Å². The number of aryl methyl sites for hydroxylation is 1. The maximum Gasteiger partial charge on any atom is 0.0531 e. The highest BCUT2D eigenvalue weighted by Crippen LogP contribution is 2.35. The summed E-state index contributed by atoms with van der Waals surface area (Å²) in [6.07, 6.45) is 3.66. The van der Waals surface area contributed by atoms with Crippen molar-refractivity contribution < 1.29 is 4.74 Å². The molecule has 1 fully saturated rings. The van der Waals surface area contributed by atoms with Crippen LogP contribution in [0, 0.1) is 5.41 Å². The fourth-order valence-electron chi connectivity index (χ4n) is 1.86. The van der Waals surface area contributed by atoms with Gasteiger partial charge in [0.25, 0.3) is 0 Å². The lowest BCUT2D eigenvalue weighted by Gasteiger charge is -2.24. The minimum atomic E-state index is 0.407. The number of rotatable bonds is 4. The molecule has 0 saturated carbocycles. The molecule has 1 unspecified atom stereocenters. The minimum absolute atomic E-state index is 0.407. The second-order valence-corrected chi connectivity index (χ2v) is 5.61. The topological polar surface area (TPSA) is 9.23 Å². The number of ether oxygens (including phenoxy) is 1. The lowest BCUT2D eigenvalue weighted by molar-refractivity contribution is 0.158. The Hall–Kier alpha value is 0.140. The third-order valence-electron chi connectivity index (χ3n) is 2.95. The Kier molecular flexibility index (Phi) is 3.63. The molecule has 2 rings (SSSR count). The number of alkyl halides is 1. The molecule has 3 heteroatoms. The molecule has 0 amide bonds. The van der Waals surface area contributed by atoms with Gasteiger partial charge in [-0.05, 0) is 30.7 Å². The Morgan fingerprint density at radius 3 is 3.07 bits per heavy atom. The van der Waals surface area contributed by atoms with Crippen LogP contribution in [0.2, 0.25) is 0 Å². The van der Waals surface area contributed by atoms with E-state index in [1.54, 1.807) is 0 Å². The van der Waals surface area contributed by atoms with Crippen molar-refractivity contribution in [3.63, 3.8) is 0 Å². The second kappa shape index (κ2) is 4.77. The van der Waals surface area contributed by atoms with Crippen LogP contribution >= 0.6 is 27.3 Å². The third-order valence-corrected chi connectivity index (χ3v) is 5.08. The van der Waals surface area contributed by atoms with Gasteiger partial charge >= 0.3 is 0 Å². The van der Waals surface area contributed by atoms with E-state index in [0.29, 0.717) is 5.41 Å². The Balaban J connectivity index is 1.89. The summed E-state index contributed by atoms with van der Waals surface area (Å²) in [4.78, 5) is 1.50. The van der Waals surface area contributed by atoms with Gasteiger partial charge in [-0.15, -0.1) is 11.3 Å². The van der Waals surface area contributed by atoms with E-state index in [4.69, 9.17) is 4.74 Å². The highest BCUT2D eigenvalue weighted by atomic mass is 79.9. The average molecular weight is 275 g/mol. The molecule has 0 radical (unpaired) electrons. The van der Waals surface area contributed by atoms with E-state index < -0.39 is 0 Å². The zero-order valence-corrected chi connectivity index (χ0v) is 10.6. The van der Waals surface area contributed by atoms with Crippen molar-refractivity contribution in [3.8, 4) is 0 Å². The molecular formula is C11H15BrOS. The molecule has 1 aliphatic rings. The first kappa shape index (κ1) is 10.7. The molecule has 1 atom stereocenters. The smallest absolute Gasteiger partial charge is 0.0531 e. The van der Waals surface area contributed by atoms with Crippen molar-refractivity contribution >= 4 is 27.3 Å². The first-order valence-electron chi connectivity index (χ1n) is 5.01. The Morgan fingerprint density at radius 1 is 1.57 bits per heavy atom. The first-order valence-corrected chi connectivity index (χ1v) is 7.01. The summed E-state index contributed by atoms with van der Waals surface area (Å²) in [7, 11) is 0. The van der Waals surface area contributed by atoms with Crippen LogP contribution in [-0.4, -0.2) is 18.5 Å². The average Bonchev–Trinajstić information content (AvgIpc) is 2.87. The van der Waals surface area contributed by atoms with Gasteiger partial charge in [-0.25, -0.2) is 0 Å². The third kappa shape index (κ3) is 2.38. The molecule has 78 valence electrons. The van der Waals surface area contributed by atoms with Gasteiger partial charge in [0.05, 0.1) is 6.61 Å². The lowest BCUT2D eigenvalue weighted by atomic mass is 9.85. The highest BCUT2D eigenvalue weighted by molar-refractivity contribution is 9.09. The quantitative estimate of drug-likeness (QED) is 0.764. The number of thiophene rings is 1. The fraction of sp³-hybridized carbons (Fsp3) is 0.636. The maximum atomic E-state index is 5.49. The van der Waals surface area contributed by atoms with E-state index in [1.807, 2.05) is 11.3 Å². The van der Waals surface area contributed by atoms with Crippen LogP contribution in [0.15, 0.2) is 17.5 Å². The summed E-state index contributed by atoms with van der Waals surface area (Å²) in [5, 5.41) is 3.23. The van der Waals surface area contributed by atoms with Crippen molar-refractivity contribution in [1.82, 2.24) is 0 Å². The predicted octanol–water partition coefficient (Wildman–Crippen LogP) is 3.48. The largest absolute Gasteiger partial charge is 0.381 e. The molecule has 0 spiro atoms. The molecule has 2 heterocycles. The van der Waals surface area contributed by atoms with Crippen LogP contribution in [0.3, 0.4) is 0 Å². The second-order valence-electron chi connectivity index (χ2n) is 4.02. The summed E-state index contributed by atoms with van der Waals surface area (Å²) in [5.41, 5.74) is 0.407. The SMILES string of the molecule is BrCC1(CCc2cccs2)CCOC1. The Bertz CT molecular complexity index is 265.